The molecule has 3 nitrogen and oxygen atoms in total. The van der Waals surface area contributed by atoms with Crippen LogP contribution in [0.15, 0.2) is 35.2 Å². The van der Waals surface area contributed by atoms with E-state index in [0.717, 1.165) is 38.5 Å². The monoisotopic (exact) mass is 330 g/mol. The minimum Gasteiger partial charge on any atom is -0.472 e. The lowest BCUT2D eigenvalue weighted by Crippen LogP contribution is -2.53. The summed E-state index contributed by atoms with van der Waals surface area (Å²) in [6, 6.07) is 2.05. The van der Waals surface area contributed by atoms with E-state index in [1.165, 1.54) is 24.7 Å². The number of methoxy groups -OCH3 is 1. The molecule has 2 fully saturated rings. The molecule has 0 bridgehead atoms. The minimum atomic E-state index is -0.351. The topological polar surface area (TPSA) is 39.4 Å². The zero-order valence-electron chi connectivity index (χ0n) is 15.3. The predicted octanol–water partition coefficient (Wildman–Crippen LogP) is 5.16. The molecule has 0 saturated heterocycles. The Morgan fingerprint density at radius 2 is 2.21 bits per heavy atom. The standard InChI is InChI=1S/C21H30O3/c1-15-6-9-18-20(2,11-5-12-21(18,3)19(22)23-4)17(15)8-7-16-10-13-24-14-16/h10,13-14,17-18H,1,5-9,11-12H2,2-4H3/t17-,18+,20+,21+/m0/s1. The van der Waals surface area contributed by atoms with Crippen LogP contribution in [0.5, 0.6) is 0 Å². The fraction of sp³-hybridized carbons (Fsp3) is 0.667. The van der Waals surface area contributed by atoms with Gasteiger partial charge in [0.25, 0.3) is 0 Å². The Morgan fingerprint density at radius 1 is 1.42 bits per heavy atom. The van der Waals surface area contributed by atoms with Crippen LogP contribution in [0.4, 0.5) is 0 Å². The highest BCUT2D eigenvalue weighted by atomic mass is 16.5. The number of carbonyl (C=O) groups excluding carboxylic acids is 1. The van der Waals surface area contributed by atoms with Gasteiger partial charge in [-0.3, -0.25) is 4.79 Å². The lowest BCUT2D eigenvalue weighted by atomic mass is 9.46. The Morgan fingerprint density at radius 3 is 2.88 bits per heavy atom. The van der Waals surface area contributed by atoms with Crippen LogP contribution in [-0.4, -0.2) is 13.1 Å². The first-order valence-corrected chi connectivity index (χ1v) is 9.19. The van der Waals surface area contributed by atoms with Gasteiger partial charge in [0.05, 0.1) is 25.1 Å². The first-order chi connectivity index (χ1) is 11.4. The van der Waals surface area contributed by atoms with Crippen molar-refractivity contribution < 1.29 is 13.9 Å². The van der Waals surface area contributed by atoms with Crippen LogP contribution < -0.4 is 0 Å². The van der Waals surface area contributed by atoms with E-state index in [0.29, 0.717) is 11.8 Å². The van der Waals surface area contributed by atoms with Crippen LogP contribution in [-0.2, 0) is 16.0 Å². The van der Waals surface area contributed by atoms with Crippen LogP contribution >= 0.6 is 0 Å². The molecule has 1 aromatic heterocycles. The summed E-state index contributed by atoms with van der Waals surface area (Å²) in [5.74, 6) is 0.820. The molecule has 0 N–H and O–H groups in total. The molecule has 2 aliphatic carbocycles. The van der Waals surface area contributed by atoms with Crippen molar-refractivity contribution in [3.8, 4) is 0 Å². The SMILES string of the molecule is C=C1CC[C@@H]2[C@](C)(CCC[C@@]2(C)C(=O)OC)[C@H]1CCc1ccoc1. The summed E-state index contributed by atoms with van der Waals surface area (Å²) in [6.45, 7) is 8.92. The molecule has 132 valence electrons. The van der Waals surface area contributed by atoms with Gasteiger partial charge in [0.1, 0.15) is 0 Å². The molecule has 0 radical (unpaired) electrons. The molecule has 0 aliphatic heterocycles. The normalized spacial score (nSPS) is 36.2. The quantitative estimate of drug-likeness (QED) is 0.565. The van der Waals surface area contributed by atoms with Gasteiger partial charge in [-0.25, -0.2) is 0 Å². The first kappa shape index (κ1) is 17.3. The third-order valence-corrected chi connectivity index (χ3v) is 6.97. The Kier molecular flexibility index (Phi) is 4.63. The van der Waals surface area contributed by atoms with Crippen molar-refractivity contribution in [2.75, 3.05) is 7.11 Å². The molecule has 0 unspecified atom stereocenters. The maximum Gasteiger partial charge on any atom is 0.311 e. The molecule has 3 rings (SSSR count). The highest BCUT2D eigenvalue weighted by molar-refractivity contribution is 5.77. The molecule has 2 saturated carbocycles. The molecule has 2 aliphatic rings. The number of furan rings is 1. The number of esters is 1. The van der Waals surface area contributed by atoms with E-state index in [9.17, 15) is 4.79 Å². The Balaban J connectivity index is 1.86. The number of ether oxygens (including phenoxy) is 1. The maximum atomic E-state index is 12.6. The highest BCUT2D eigenvalue weighted by Gasteiger charge is 2.57. The van der Waals surface area contributed by atoms with Crippen molar-refractivity contribution in [1.82, 2.24) is 0 Å². The van der Waals surface area contributed by atoms with Crippen molar-refractivity contribution in [2.45, 2.75) is 58.8 Å². The van der Waals surface area contributed by atoms with Gasteiger partial charge < -0.3 is 9.15 Å². The van der Waals surface area contributed by atoms with Gasteiger partial charge in [0, 0.05) is 0 Å². The van der Waals surface area contributed by atoms with Gasteiger partial charge in [0.2, 0.25) is 0 Å². The van der Waals surface area contributed by atoms with E-state index in [4.69, 9.17) is 9.15 Å². The van der Waals surface area contributed by atoms with Gasteiger partial charge in [0.15, 0.2) is 0 Å². The molecular formula is C21H30O3. The van der Waals surface area contributed by atoms with Gasteiger partial charge in [-0.1, -0.05) is 25.5 Å². The second-order valence-electron chi connectivity index (χ2n) is 8.24. The number of fused-ring (bicyclic) bond motifs is 1. The summed E-state index contributed by atoms with van der Waals surface area (Å²) < 4.78 is 10.4. The van der Waals surface area contributed by atoms with Crippen molar-refractivity contribution in [3.05, 3.63) is 36.3 Å². The Bertz CT molecular complexity index is 603. The molecule has 24 heavy (non-hydrogen) atoms. The van der Waals surface area contributed by atoms with Crippen molar-refractivity contribution in [2.24, 2.45) is 22.7 Å². The van der Waals surface area contributed by atoms with Crippen LogP contribution in [0.1, 0.15) is 57.9 Å². The molecular weight excluding hydrogens is 300 g/mol. The number of allylic oxidation sites excluding steroid dienone is 1. The number of aryl methyl sites for hydroxylation is 1. The summed E-state index contributed by atoms with van der Waals surface area (Å²) in [6.07, 6.45) is 11.0. The van der Waals surface area contributed by atoms with Gasteiger partial charge >= 0.3 is 5.97 Å². The highest BCUT2D eigenvalue weighted by Crippen LogP contribution is 2.62. The third-order valence-electron chi connectivity index (χ3n) is 6.97. The van der Waals surface area contributed by atoms with E-state index in [2.05, 4.69) is 20.4 Å². The summed E-state index contributed by atoms with van der Waals surface area (Å²) in [5, 5.41) is 0. The summed E-state index contributed by atoms with van der Waals surface area (Å²) in [4.78, 5) is 12.6. The van der Waals surface area contributed by atoms with Gasteiger partial charge in [-0.15, -0.1) is 0 Å². The van der Waals surface area contributed by atoms with E-state index < -0.39 is 0 Å². The van der Waals surface area contributed by atoms with Crippen LogP contribution in [0.2, 0.25) is 0 Å². The largest absolute Gasteiger partial charge is 0.472 e. The van der Waals surface area contributed by atoms with Crippen molar-refractivity contribution >= 4 is 5.97 Å². The number of carbonyl (C=O) groups is 1. The first-order valence-electron chi connectivity index (χ1n) is 9.19. The lowest BCUT2D eigenvalue weighted by molar-refractivity contribution is -0.168. The van der Waals surface area contributed by atoms with E-state index in [-0.39, 0.29) is 16.8 Å². The lowest BCUT2D eigenvalue weighted by Gasteiger charge is -2.57. The molecule has 0 amide bonds. The molecule has 1 heterocycles. The number of hydrogen-bond acceptors (Lipinski definition) is 3. The van der Waals surface area contributed by atoms with Gasteiger partial charge in [-0.2, -0.15) is 0 Å². The Labute approximate surface area is 145 Å². The van der Waals surface area contributed by atoms with Crippen LogP contribution in [0, 0.1) is 22.7 Å². The molecule has 3 heteroatoms. The van der Waals surface area contributed by atoms with Gasteiger partial charge in [-0.05, 0) is 74.3 Å². The zero-order chi connectivity index (χ0) is 17.4. The van der Waals surface area contributed by atoms with Crippen LogP contribution in [0.3, 0.4) is 0 Å². The third kappa shape index (κ3) is 2.72. The minimum absolute atomic E-state index is 0.0282. The van der Waals surface area contributed by atoms with Crippen LogP contribution in [0.25, 0.3) is 0 Å². The predicted molar refractivity (Wildman–Crippen MR) is 94.5 cm³/mol. The number of hydrogen-bond donors (Lipinski definition) is 0. The zero-order valence-corrected chi connectivity index (χ0v) is 15.3. The van der Waals surface area contributed by atoms with E-state index in [1.807, 2.05) is 12.3 Å². The average molecular weight is 330 g/mol. The second kappa shape index (κ2) is 6.42. The fourth-order valence-corrected chi connectivity index (χ4v) is 5.71. The maximum absolute atomic E-state index is 12.6. The second-order valence-corrected chi connectivity index (χ2v) is 8.24. The van der Waals surface area contributed by atoms with E-state index in [1.54, 1.807) is 6.26 Å². The molecule has 0 spiro atoms. The fourth-order valence-electron chi connectivity index (χ4n) is 5.71. The average Bonchev–Trinajstić information content (AvgIpc) is 3.06. The van der Waals surface area contributed by atoms with Crippen molar-refractivity contribution in [3.63, 3.8) is 0 Å². The Hall–Kier alpha value is -1.51. The molecule has 0 aromatic carbocycles. The molecule has 4 atom stereocenters. The summed E-state index contributed by atoms with van der Waals surface area (Å²) in [7, 11) is 1.53. The number of rotatable bonds is 4. The smallest absolute Gasteiger partial charge is 0.311 e. The molecule has 1 aromatic rings. The summed E-state index contributed by atoms with van der Waals surface area (Å²) >= 11 is 0. The van der Waals surface area contributed by atoms with E-state index >= 15 is 0 Å². The summed E-state index contributed by atoms with van der Waals surface area (Å²) in [5.41, 5.74) is 2.41. The van der Waals surface area contributed by atoms with Crippen molar-refractivity contribution in [1.29, 1.82) is 0 Å².